The highest BCUT2D eigenvalue weighted by atomic mass is 35.5. The van der Waals surface area contributed by atoms with Crippen molar-refractivity contribution in [1.29, 1.82) is 0 Å². The molecule has 0 saturated heterocycles. The van der Waals surface area contributed by atoms with E-state index in [-0.39, 0.29) is 10.5 Å². The van der Waals surface area contributed by atoms with Crippen molar-refractivity contribution in [2.45, 2.75) is 6.92 Å². The van der Waals surface area contributed by atoms with E-state index in [9.17, 15) is 4.39 Å². The van der Waals surface area contributed by atoms with Gasteiger partial charge in [-0.1, -0.05) is 23.7 Å². The summed E-state index contributed by atoms with van der Waals surface area (Å²) < 4.78 is 13.0. The Morgan fingerprint density at radius 3 is 2.50 bits per heavy atom. The molecule has 0 aliphatic heterocycles. The second-order valence-electron chi connectivity index (χ2n) is 2.47. The van der Waals surface area contributed by atoms with Crippen LogP contribution < -0.4 is 5.46 Å². The van der Waals surface area contributed by atoms with E-state index in [1.54, 1.807) is 6.92 Å². The van der Waals surface area contributed by atoms with Crippen LogP contribution >= 0.6 is 11.6 Å². The van der Waals surface area contributed by atoms with Gasteiger partial charge in [-0.15, -0.1) is 0 Å². The van der Waals surface area contributed by atoms with Crippen LogP contribution in [0.2, 0.25) is 5.02 Å². The fourth-order valence-corrected chi connectivity index (χ4v) is 1.17. The lowest BCUT2D eigenvalue weighted by Crippen LogP contribution is -2.31. The molecule has 0 fully saturated rings. The van der Waals surface area contributed by atoms with Crippen molar-refractivity contribution in [3.05, 3.63) is 28.5 Å². The molecule has 0 atom stereocenters. The molecule has 0 heterocycles. The molecule has 0 aromatic heterocycles. The molecule has 0 bridgehead atoms. The molecular weight excluding hydrogens is 181 g/mol. The molecule has 64 valence electrons. The van der Waals surface area contributed by atoms with Gasteiger partial charge < -0.3 is 10.0 Å². The van der Waals surface area contributed by atoms with Gasteiger partial charge in [0.2, 0.25) is 0 Å². The summed E-state index contributed by atoms with van der Waals surface area (Å²) in [6, 6.07) is 2.82. The SMILES string of the molecule is Cc1ccc(B(O)O)c(Cl)c1F. The van der Waals surface area contributed by atoms with Crippen LogP contribution in [0.1, 0.15) is 5.56 Å². The van der Waals surface area contributed by atoms with Gasteiger partial charge in [-0.25, -0.2) is 4.39 Å². The number of hydrogen-bond acceptors (Lipinski definition) is 2. The Morgan fingerprint density at radius 1 is 1.42 bits per heavy atom. The smallest absolute Gasteiger partial charge is 0.423 e. The van der Waals surface area contributed by atoms with Crippen LogP contribution in [0.5, 0.6) is 0 Å². The third kappa shape index (κ3) is 1.60. The van der Waals surface area contributed by atoms with Crippen LogP contribution in [-0.2, 0) is 0 Å². The van der Waals surface area contributed by atoms with E-state index in [0.29, 0.717) is 5.56 Å². The molecule has 2 N–H and O–H groups in total. The van der Waals surface area contributed by atoms with Crippen molar-refractivity contribution >= 4 is 24.2 Å². The Morgan fingerprint density at radius 2 is 2.00 bits per heavy atom. The molecule has 0 spiro atoms. The van der Waals surface area contributed by atoms with Crippen molar-refractivity contribution in [3.63, 3.8) is 0 Å². The molecule has 0 amide bonds. The van der Waals surface area contributed by atoms with Crippen LogP contribution in [0, 0.1) is 12.7 Å². The van der Waals surface area contributed by atoms with E-state index in [0.717, 1.165) is 0 Å². The maximum atomic E-state index is 13.0. The first-order valence-corrected chi connectivity index (χ1v) is 3.72. The molecule has 1 aromatic rings. The van der Waals surface area contributed by atoms with Crippen molar-refractivity contribution in [1.82, 2.24) is 0 Å². The van der Waals surface area contributed by atoms with Crippen LogP contribution in [0.3, 0.4) is 0 Å². The molecule has 5 heteroatoms. The van der Waals surface area contributed by atoms with Crippen LogP contribution in [0.15, 0.2) is 12.1 Å². The fourth-order valence-electron chi connectivity index (χ4n) is 0.860. The standard InChI is InChI=1S/C7H7BClFO2/c1-4-2-3-5(8(11)12)6(9)7(4)10/h2-3,11-12H,1H3. The Kier molecular flexibility index (Phi) is 2.72. The quantitative estimate of drug-likeness (QED) is 0.629. The maximum Gasteiger partial charge on any atom is 0.490 e. The summed E-state index contributed by atoms with van der Waals surface area (Å²) in [5.74, 6) is -0.609. The van der Waals surface area contributed by atoms with Gasteiger partial charge in [0, 0.05) is 5.46 Å². The summed E-state index contributed by atoms with van der Waals surface area (Å²) in [5.41, 5.74) is 0.365. The van der Waals surface area contributed by atoms with Crippen molar-refractivity contribution < 1.29 is 14.4 Å². The molecule has 1 rings (SSSR count). The van der Waals surface area contributed by atoms with Crippen LogP contribution in [0.4, 0.5) is 4.39 Å². The summed E-state index contributed by atoms with van der Waals surface area (Å²) in [6.45, 7) is 1.55. The van der Waals surface area contributed by atoms with Crippen molar-refractivity contribution in [2.24, 2.45) is 0 Å². The van der Waals surface area contributed by atoms with Gasteiger partial charge in [0.1, 0.15) is 5.82 Å². The topological polar surface area (TPSA) is 40.5 Å². The Bertz CT molecular complexity index is 304. The van der Waals surface area contributed by atoms with E-state index in [2.05, 4.69) is 0 Å². The molecule has 0 aliphatic carbocycles. The zero-order chi connectivity index (χ0) is 9.30. The Hall–Kier alpha value is -0.575. The molecule has 12 heavy (non-hydrogen) atoms. The minimum atomic E-state index is -1.73. The lowest BCUT2D eigenvalue weighted by Gasteiger charge is -2.04. The number of aryl methyl sites for hydroxylation is 1. The molecular formula is C7H7BClFO2. The minimum Gasteiger partial charge on any atom is -0.423 e. The summed E-state index contributed by atoms with van der Waals surface area (Å²) in [4.78, 5) is 0. The van der Waals surface area contributed by atoms with E-state index in [4.69, 9.17) is 21.6 Å². The zero-order valence-electron chi connectivity index (χ0n) is 6.38. The normalized spacial score (nSPS) is 10.1. The molecule has 0 saturated carbocycles. The second kappa shape index (κ2) is 3.43. The van der Waals surface area contributed by atoms with E-state index < -0.39 is 12.9 Å². The van der Waals surface area contributed by atoms with Gasteiger partial charge >= 0.3 is 7.12 Å². The highest BCUT2D eigenvalue weighted by Crippen LogP contribution is 2.15. The first-order valence-electron chi connectivity index (χ1n) is 3.34. The average Bonchev–Trinajstić information content (AvgIpc) is 2.00. The number of benzene rings is 1. The highest BCUT2D eigenvalue weighted by Gasteiger charge is 2.18. The van der Waals surface area contributed by atoms with E-state index >= 15 is 0 Å². The van der Waals surface area contributed by atoms with Gasteiger partial charge in [-0.2, -0.15) is 0 Å². The zero-order valence-corrected chi connectivity index (χ0v) is 7.14. The summed E-state index contributed by atoms with van der Waals surface area (Å²) in [6.07, 6.45) is 0. The maximum absolute atomic E-state index is 13.0. The monoisotopic (exact) mass is 188 g/mol. The Balaban J connectivity index is 3.27. The van der Waals surface area contributed by atoms with Crippen LogP contribution in [0.25, 0.3) is 0 Å². The Labute approximate surface area is 74.7 Å². The van der Waals surface area contributed by atoms with Crippen molar-refractivity contribution in [2.75, 3.05) is 0 Å². The van der Waals surface area contributed by atoms with Gasteiger partial charge in [0.25, 0.3) is 0 Å². The lowest BCUT2D eigenvalue weighted by atomic mass is 9.80. The predicted octanol–water partition coefficient (Wildman–Crippen LogP) is 0.467. The molecule has 2 nitrogen and oxygen atoms in total. The van der Waals surface area contributed by atoms with E-state index in [1.165, 1.54) is 12.1 Å². The first kappa shape index (κ1) is 9.51. The fraction of sp³-hybridized carbons (Fsp3) is 0.143. The number of rotatable bonds is 1. The minimum absolute atomic E-state index is 0.0141. The summed E-state index contributed by atoms with van der Waals surface area (Å²) in [5, 5.41) is 17.2. The molecule has 0 aliphatic rings. The molecule has 1 aromatic carbocycles. The van der Waals surface area contributed by atoms with Crippen molar-refractivity contribution in [3.8, 4) is 0 Å². The number of halogens is 2. The van der Waals surface area contributed by atoms with Gasteiger partial charge in [0.15, 0.2) is 0 Å². The second-order valence-corrected chi connectivity index (χ2v) is 2.85. The summed E-state index contributed by atoms with van der Waals surface area (Å²) >= 11 is 5.50. The average molecular weight is 188 g/mol. The summed E-state index contributed by atoms with van der Waals surface area (Å²) in [7, 11) is -1.73. The van der Waals surface area contributed by atoms with Gasteiger partial charge in [0.05, 0.1) is 5.02 Å². The molecule has 0 unspecified atom stereocenters. The van der Waals surface area contributed by atoms with Gasteiger partial charge in [-0.05, 0) is 12.5 Å². The van der Waals surface area contributed by atoms with Gasteiger partial charge in [-0.3, -0.25) is 0 Å². The highest BCUT2D eigenvalue weighted by molar-refractivity contribution is 6.62. The molecule has 0 radical (unpaired) electrons. The van der Waals surface area contributed by atoms with E-state index in [1.807, 2.05) is 0 Å². The first-order chi connectivity index (χ1) is 5.54. The lowest BCUT2D eigenvalue weighted by molar-refractivity contribution is 0.425. The third-order valence-electron chi connectivity index (χ3n) is 1.58. The van der Waals surface area contributed by atoms with Crippen LogP contribution in [-0.4, -0.2) is 17.2 Å². The predicted molar refractivity (Wildman–Crippen MR) is 46.0 cm³/mol. The number of hydrogen-bond donors (Lipinski definition) is 2. The largest absolute Gasteiger partial charge is 0.490 e. The third-order valence-corrected chi connectivity index (χ3v) is 1.97.